The predicted octanol–water partition coefficient (Wildman–Crippen LogP) is 2.30. The summed E-state index contributed by atoms with van der Waals surface area (Å²) in [5, 5.41) is 15.0. The molecule has 0 bridgehead atoms. The molecule has 0 aliphatic carbocycles. The summed E-state index contributed by atoms with van der Waals surface area (Å²) >= 11 is 0. The average molecular weight is 377 g/mol. The number of aromatic nitrogens is 6. The van der Waals surface area contributed by atoms with Crippen LogP contribution in [0.1, 0.15) is 28.3 Å². The molecule has 3 rings (SSSR count). The summed E-state index contributed by atoms with van der Waals surface area (Å²) in [5.74, 6) is 0.525. The van der Waals surface area contributed by atoms with Crippen LogP contribution in [0.25, 0.3) is 0 Å². The normalized spacial score (nSPS) is 12.3. The second-order valence-corrected chi connectivity index (χ2v) is 5.53. The highest BCUT2D eigenvalue weighted by Crippen LogP contribution is 2.32. The number of rotatable bonds is 5. The Hall–Kier alpha value is -3.37. The fourth-order valence-corrected chi connectivity index (χ4v) is 2.29. The molecule has 0 saturated heterocycles. The molecular formula is C16H14F3N7O. The highest BCUT2D eigenvalue weighted by molar-refractivity contribution is 6.10. The maximum Gasteiger partial charge on any atom is 0.416 e. The predicted molar refractivity (Wildman–Crippen MR) is 87.4 cm³/mol. The average Bonchev–Trinajstić information content (AvgIpc) is 3.05. The van der Waals surface area contributed by atoms with Gasteiger partial charge < -0.3 is 4.84 Å². The Bertz CT molecular complexity index is 954. The van der Waals surface area contributed by atoms with Crippen molar-refractivity contribution in [3.05, 3.63) is 65.0 Å². The van der Waals surface area contributed by atoms with Crippen LogP contribution in [0.5, 0.6) is 0 Å². The molecule has 140 valence electrons. The van der Waals surface area contributed by atoms with Gasteiger partial charge in [0, 0.05) is 25.0 Å². The molecule has 0 atom stereocenters. The molecule has 0 radical (unpaired) electrons. The molecule has 27 heavy (non-hydrogen) atoms. The lowest BCUT2D eigenvalue weighted by molar-refractivity contribution is -0.138. The Balaban J connectivity index is 1.98. The molecule has 0 spiro atoms. The minimum Gasteiger partial charge on any atom is -0.387 e. The number of aryl methyl sites for hydroxylation is 2. The summed E-state index contributed by atoms with van der Waals surface area (Å²) < 4.78 is 41.0. The van der Waals surface area contributed by atoms with E-state index in [-0.39, 0.29) is 29.3 Å². The Morgan fingerprint density at radius 1 is 1.22 bits per heavy atom. The fraction of sp³-hybridized carbons (Fsp3) is 0.250. The summed E-state index contributed by atoms with van der Waals surface area (Å²) in [5.41, 5.74) is -0.446. The third-order valence-corrected chi connectivity index (χ3v) is 3.62. The molecule has 0 unspecified atom stereocenters. The molecular weight excluding hydrogens is 363 g/mol. The lowest BCUT2D eigenvalue weighted by Crippen LogP contribution is -2.15. The van der Waals surface area contributed by atoms with Crippen molar-refractivity contribution < 1.29 is 18.0 Å². The number of hydrogen-bond donors (Lipinski definition) is 0. The van der Waals surface area contributed by atoms with Crippen molar-refractivity contribution in [2.45, 2.75) is 19.7 Å². The van der Waals surface area contributed by atoms with E-state index < -0.39 is 11.7 Å². The van der Waals surface area contributed by atoms with Gasteiger partial charge in [0.1, 0.15) is 0 Å². The van der Waals surface area contributed by atoms with Gasteiger partial charge in [0.25, 0.3) is 0 Å². The quantitative estimate of drug-likeness (QED) is 0.501. The van der Waals surface area contributed by atoms with Gasteiger partial charge in [0.15, 0.2) is 18.1 Å². The van der Waals surface area contributed by atoms with E-state index in [1.165, 1.54) is 23.7 Å². The summed E-state index contributed by atoms with van der Waals surface area (Å²) in [6.07, 6.45) is -1.42. The molecule has 0 fully saturated rings. The van der Waals surface area contributed by atoms with E-state index in [2.05, 4.69) is 30.6 Å². The van der Waals surface area contributed by atoms with Gasteiger partial charge in [0.2, 0.25) is 5.82 Å². The fourth-order valence-electron chi connectivity index (χ4n) is 2.29. The van der Waals surface area contributed by atoms with Gasteiger partial charge in [-0.2, -0.15) is 13.2 Å². The number of oxime groups is 1. The standard InChI is InChI=1S/C16H14F3N7O/c1-10-4-5-11(8-12(10)16(17,18)19)14(15-22-24-25-26(15)2)23-27-9-13-20-6-3-7-21-13/h3-8H,9H2,1-2H3. The Morgan fingerprint density at radius 3 is 2.59 bits per heavy atom. The second kappa shape index (κ2) is 7.48. The molecule has 2 aromatic heterocycles. The van der Waals surface area contributed by atoms with Crippen LogP contribution in [0, 0.1) is 6.92 Å². The Kier molecular flexibility index (Phi) is 5.10. The number of benzene rings is 1. The van der Waals surface area contributed by atoms with Crippen LogP contribution < -0.4 is 0 Å². The van der Waals surface area contributed by atoms with Gasteiger partial charge in [0.05, 0.1) is 5.56 Å². The largest absolute Gasteiger partial charge is 0.416 e. The zero-order chi connectivity index (χ0) is 19.4. The third-order valence-electron chi connectivity index (χ3n) is 3.62. The van der Waals surface area contributed by atoms with E-state index in [0.29, 0.717) is 5.82 Å². The van der Waals surface area contributed by atoms with Crippen molar-refractivity contribution in [2.24, 2.45) is 12.2 Å². The molecule has 0 amide bonds. The maximum absolute atomic E-state index is 13.3. The van der Waals surface area contributed by atoms with Crippen molar-refractivity contribution in [3.8, 4) is 0 Å². The van der Waals surface area contributed by atoms with E-state index in [9.17, 15) is 13.2 Å². The molecule has 3 aromatic rings. The van der Waals surface area contributed by atoms with Gasteiger partial charge in [-0.1, -0.05) is 17.3 Å². The Labute approximate surface area is 151 Å². The lowest BCUT2D eigenvalue weighted by atomic mass is 10.0. The third kappa shape index (κ3) is 4.25. The molecule has 1 aromatic carbocycles. The molecule has 0 saturated carbocycles. The molecule has 11 heteroatoms. The van der Waals surface area contributed by atoms with Gasteiger partial charge >= 0.3 is 6.18 Å². The van der Waals surface area contributed by atoms with Crippen LogP contribution in [-0.2, 0) is 24.7 Å². The first-order chi connectivity index (χ1) is 12.9. The van der Waals surface area contributed by atoms with Gasteiger partial charge in [-0.05, 0) is 35.0 Å². The zero-order valence-electron chi connectivity index (χ0n) is 14.3. The second-order valence-electron chi connectivity index (χ2n) is 5.53. The van der Waals surface area contributed by atoms with Crippen LogP contribution in [0.3, 0.4) is 0 Å². The van der Waals surface area contributed by atoms with Gasteiger partial charge in [-0.15, -0.1) is 5.10 Å². The molecule has 0 N–H and O–H groups in total. The van der Waals surface area contributed by atoms with E-state index in [0.717, 1.165) is 6.07 Å². The first-order valence-electron chi connectivity index (χ1n) is 7.73. The van der Waals surface area contributed by atoms with E-state index >= 15 is 0 Å². The monoisotopic (exact) mass is 377 g/mol. The SMILES string of the molecule is Cc1ccc(C(=NOCc2ncccn2)c2nnnn2C)cc1C(F)(F)F. The van der Waals surface area contributed by atoms with Crippen LogP contribution >= 0.6 is 0 Å². The van der Waals surface area contributed by atoms with Crippen LogP contribution in [0.2, 0.25) is 0 Å². The van der Waals surface area contributed by atoms with Crippen molar-refractivity contribution in [2.75, 3.05) is 0 Å². The van der Waals surface area contributed by atoms with Gasteiger partial charge in [-0.3, -0.25) is 0 Å². The van der Waals surface area contributed by atoms with Crippen molar-refractivity contribution in [1.29, 1.82) is 0 Å². The van der Waals surface area contributed by atoms with Crippen LogP contribution in [-0.4, -0.2) is 35.9 Å². The first-order valence-corrected chi connectivity index (χ1v) is 7.73. The first kappa shape index (κ1) is 18.4. The lowest BCUT2D eigenvalue weighted by Gasteiger charge is -2.12. The number of hydrogen-bond acceptors (Lipinski definition) is 7. The highest BCUT2D eigenvalue weighted by atomic mass is 19.4. The molecule has 8 nitrogen and oxygen atoms in total. The van der Waals surface area contributed by atoms with Crippen LogP contribution in [0.4, 0.5) is 13.2 Å². The summed E-state index contributed by atoms with van der Waals surface area (Å²) in [6.45, 7) is 1.32. The Morgan fingerprint density at radius 2 is 1.96 bits per heavy atom. The summed E-state index contributed by atoms with van der Waals surface area (Å²) in [4.78, 5) is 13.2. The van der Waals surface area contributed by atoms with E-state index in [1.54, 1.807) is 25.5 Å². The minimum absolute atomic E-state index is 0.0592. The maximum atomic E-state index is 13.3. The van der Waals surface area contributed by atoms with Crippen molar-refractivity contribution >= 4 is 5.71 Å². The minimum atomic E-state index is -4.50. The number of tetrazole rings is 1. The van der Waals surface area contributed by atoms with Crippen molar-refractivity contribution in [3.63, 3.8) is 0 Å². The number of nitrogens with zero attached hydrogens (tertiary/aromatic N) is 7. The van der Waals surface area contributed by atoms with Crippen molar-refractivity contribution in [1.82, 2.24) is 30.2 Å². The number of alkyl halides is 3. The van der Waals surface area contributed by atoms with E-state index in [4.69, 9.17) is 4.84 Å². The summed E-state index contributed by atoms with van der Waals surface area (Å²) in [6, 6.07) is 5.50. The zero-order valence-corrected chi connectivity index (χ0v) is 14.3. The van der Waals surface area contributed by atoms with Crippen LogP contribution in [0.15, 0.2) is 41.8 Å². The highest BCUT2D eigenvalue weighted by Gasteiger charge is 2.33. The van der Waals surface area contributed by atoms with Gasteiger partial charge in [-0.25, -0.2) is 14.6 Å². The topological polar surface area (TPSA) is 91.0 Å². The smallest absolute Gasteiger partial charge is 0.387 e. The molecule has 2 heterocycles. The number of halogens is 3. The summed E-state index contributed by atoms with van der Waals surface area (Å²) in [7, 11) is 1.55. The van der Waals surface area contributed by atoms with E-state index in [1.807, 2.05) is 0 Å². The molecule has 0 aliphatic rings. The molecule has 0 aliphatic heterocycles.